The number of ether oxygens (including phenoxy) is 2. The maximum atomic E-state index is 12.7. The molecular formula is C14H22N4O14P2. The van der Waals surface area contributed by atoms with Gasteiger partial charge in [-0.1, -0.05) is 0 Å². The molecule has 2 aromatic rings. The average molecular weight is 532 g/mol. The Hall–Kier alpha value is -1.79. The molecular weight excluding hydrogens is 510 g/mol. The molecule has 18 nitrogen and oxygen atoms in total. The number of nitrogens with zero attached hydrogens (tertiary/aromatic N) is 3. The van der Waals surface area contributed by atoms with Gasteiger partial charge in [0.1, 0.15) is 24.6 Å². The van der Waals surface area contributed by atoms with Crippen molar-refractivity contribution in [1.29, 1.82) is 0 Å². The van der Waals surface area contributed by atoms with Gasteiger partial charge in [-0.25, -0.2) is 23.5 Å². The number of phosphoric ester groups is 2. The molecule has 0 bridgehead atoms. The van der Waals surface area contributed by atoms with E-state index in [9.17, 15) is 28.9 Å². The highest BCUT2D eigenvalue weighted by Crippen LogP contribution is 2.38. The minimum atomic E-state index is -4.88. The van der Waals surface area contributed by atoms with Crippen molar-refractivity contribution in [2.24, 2.45) is 0 Å². The minimum absolute atomic E-state index is 0.0338. The maximum absolute atomic E-state index is 12.7. The van der Waals surface area contributed by atoms with Crippen molar-refractivity contribution in [3.63, 3.8) is 0 Å². The molecule has 1 aliphatic heterocycles. The summed E-state index contributed by atoms with van der Waals surface area (Å²) >= 11 is 0. The molecule has 192 valence electrons. The number of aliphatic hydroxyl groups is 2. The van der Waals surface area contributed by atoms with Gasteiger partial charge in [0.25, 0.3) is 5.56 Å². The van der Waals surface area contributed by atoms with E-state index in [1.807, 2.05) is 0 Å². The predicted octanol–water partition coefficient (Wildman–Crippen LogP) is -3.26. The Bertz CT molecular complexity index is 1210. The van der Waals surface area contributed by atoms with Gasteiger partial charge in [0.2, 0.25) is 0 Å². The Morgan fingerprint density at radius 3 is 2.35 bits per heavy atom. The smallest absolute Gasteiger partial charge is 0.387 e. The second kappa shape index (κ2) is 10.4. The molecule has 4 atom stereocenters. The van der Waals surface area contributed by atoms with Crippen LogP contribution in [0.5, 0.6) is 0 Å². The molecule has 0 radical (unpaired) electrons. The van der Waals surface area contributed by atoms with Gasteiger partial charge < -0.3 is 39.3 Å². The van der Waals surface area contributed by atoms with Crippen molar-refractivity contribution in [3.05, 3.63) is 27.2 Å². The zero-order valence-corrected chi connectivity index (χ0v) is 18.9. The lowest BCUT2D eigenvalue weighted by Gasteiger charge is -2.16. The van der Waals surface area contributed by atoms with E-state index in [-0.39, 0.29) is 37.5 Å². The molecule has 0 unspecified atom stereocenters. The van der Waals surface area contributed by atoms with E-state index in [4.69, 9.17) is 29.0 Å². The molecule has 0 aliphatic carbocycles. The number of aromatic nitrogens is 4. The first-order chi connectivity index (χ1) is 15.8. The number of rotatable bonds is 11. The molecule has 1 fully saturated rings. The summed E-state index contributed by atoms with van der Waals surface area (Å²) in [6.07, 6.45) is -5.23. The maximum Gasteiger partial charge on any atom is 0.469 e. The van der Waals surface area contributed by atoms with E-state index in [1.165, 1.54) is 0 Å². The quantitative estimate of drug-likeness (QED) is 0.111. The summed E-state index contributed by atoms with van der Waals surface area (Å²) in [7, 11) is -9.49. The van der Waals surface area contributed by atoms with E-state index in [0.717, 1.165) is 15.5 Å². The van der Waals surface area contributed by atoms with Crippen molar-refractivity contribution >= 4 is 26.8 Å². The van der Waals surface area contributed by atoms with Crippen LogP contribution >= 0.6 is 15.6 Å². The Balaban J connectivity index is 1.72. The number of aromatic amines is 1. The third-order valence-electron chi connectivity index (χ3n) is 4.66. The van der Waals surface area contributed by atoms with Gasteiger partial charge in [-0.3, -0.25) is 23.4 Å². The van der Waals surface area contributed by atoms with E-state index >= 15 is 0 Å². The SMILES string of the molecule is O=c1c2[nH]c(=O)n([C@@H]3O[C@H](COP(=O)(O)O)[C@@H](O)[C@H]3O)c2ncn1CCOCCOP(=O)(O)O. The topological polar surface area (TPSA) is 265 Å². The molecule has 3 heterocycles. The van der Waals surface area contributed by atoms with Crippen molar-refractivity contribution in [3.8, 4) is 0 Å². The molecule has 1 aliphatic rings. The number of H-pyrrole nitrogens is 1. The highest BCUT2D eigenvalue weighted by Gasteiger charge is 2.46. The lowest BCUT2D eigenvalue weighted by atomic mass is 10.1. The summed E-state index contributed by atoms with van der Waals surface area (Å²) in [5.74, 6) is 0. The Morgan fingerprint density at radius 1 is 1.03 bits per heavy atom. The molecule has 1 saturated heterocycles. The number of hydrogen-bond acceptors (Lipinski definition) is 11. The van der Waals surface area contributed by atoms with Crippen molar-refractivity contribution in [2.45, 2.75) is 31.1 Å². The second-order valence-corrected chi connectivity index (χ2v) is 9.49. The first kappa shape index (κ1) is 26.8. The zero-order valence-electron chi connectivity index (χ0n) is 17.1. The second-order valence-electron chi connectivity index (χ2n) is 7.01. The van der Waals surface area contributed by atoms with Gasteiger partial charge in [0.15, 0.2) is 17.4 Å². The Labute approximate surface area is 188 Å². The lowest BCUT2D eigenvalue weighted by molar-refractivity contribution is -0.0517. The molecule has 7 N–H and O–H groups in total. The van der Waals surface area contributed by atoms with Gasteiger partial charge in [-0.2, -0.15) is 0 Å². The van der Waals surface area contributed by atoms with E-state index in [2.05, 4.69) is 19.0 Å². The normalized spacial score (nSPS) is 23.7. The van der Waals surface area contributed by atoms with E-state index in [1.54, 1.807) is 0 Å². The van der Waals surface area contributed by atoms with Crippen LogP contribution in [0.1, 0.15) is 6.23 Å². The highest BCUT2D eigenvalue weighted by atomic mass is 31.2. The number of imidazole rings is 1. The highest BCUT2D eigenvalue weighted by molar-refractivity contribution is 7.46. The summed E-state index contributed by atoms with van der Waals surface area (Å²) in [6, 6.07) is 0. The van der Waals surface area contributed by atoms with E-state index in [0.29, 0.717) is 0 Å². The largest absolute Gasteiger partial charge is 0.469 e. The van der Waals surface area contributed by atoms with Crippen molar-refractivity contribution in [1.82, 2.24) is 19.1 Å². The predicted molar refractivity (Wildman–Crippen MR) is 107 cm³/mol. The van der Waals surface area contributed by atoms with Gasteiger partial charge in [0.05, 0.1) is 33.0 Å². The van der Waals surface area contributed by atoms with E-state index < -0.39 is 58.0 Å². The number of nitrogens with one attached hydrogen (secondary N) is 1. The molecule has 0 amide bonds. The summed E-state index contributed by atoms with van der Waals surface area (Å²) in [5.41, 5.74) is -2.06. The monoisotopic (exact) mass is 532 g/mol. The van der Waals surface area contributed by atoms with Crippen LogP contribution in [-0.4, -0.2) is 93.6 Å². The molecule has 3 rings (SSSR count). The summed E-state index contributed by atoms with van der Waals surface area (Å²) in [5, 5.41) is 20.4. The van der Waals surface area contributed by atoms with Gasteiger partial charge >= 0.3 is 21.3 Å². The van der Waals surface area contributed by atoms with Crippen LogP contribution in [0.25, 0.3) is 11.2 Å². The number of phosphoric acid groups is 2. The Morgan fingerprint density at radius 2 is 1.71 bits per heavy atom. The average Bonchev–Trinajstić information content (AvgIpc) is 3.20. The molecule has 20 heteroatoms. The number of fused-ring (bicyclic) bond motifs is 1. The van der Waals surface area contributed by atoms with Crippen LogP contribution in [0.15, 0.2) is 15.9 Å². The van der Waals surface area contributed by atoms with Gasteiger partial charge in [-0.05, 0) is 0 Å². The fourth-order valence-corrected chi connectivity index (χ4v) is 3.82. The third kappa shape index (κ3) is 6.45. The molecule has 34 heavy (non-hydrogen) atoms. The number of aliphatic hydroxyl groups excluding tert-OH is 2. The summed E-state index contributed by atoms with van der Waals surface area (Å²) in [4.78, 5) is 66.2. The molecule has 0 saturated carbocycles. The molecule has 0 aromatic carbocycles. The zero-order chi connectivity index (χ0) is 25.3. The molecule has 2 aromatic heterocycles. The van der Waals surface area contributed by atoms with Crippen LogP contribution in [0.3, 0.4) is 0 Å². The van der Waals surface area contributed by atoms with Crippen molar-refractivity contribution < 1.29 is 57.4 Å². The lowest BCUT2D eigenvalue weighted by Crippen LogP contribution is -2.35. The van der Waals surface area contributed by atoms with Crippen LogP contribution in [0, 0.1) is 0 Å². The first-order valence-corrected chi connectivity index (χ1v) is 12.5. The fraction of sp³-hybridized carbons (Fsp3) is 0.643. The molecule has 0 spiro atoms. The van der Waals surface area contributed by atoms with Crippen molar-refractivity contribution in [2.75, 3.05) is 26.4 Å². The first-order valence-electron chi connectivity index (χ1n) is 9.47. The van der Waals surface area contributed by atoms with Crippen LogP contribution in [0.4, 0.5) is 0 Å². The van der Waals surface area contributed by atoms with Crippen LogP contribution < -0.4 is 11.2 Å². The standard InChI is InChI=1S/C14H22N4O14P2/c19-9-7(5-31-34(26,27)28)32-13(10(9)20)18-11-8(16-14(18)22)12(21)17(6-15-11)1-2-29-3-4-30-33(23,24)25/h6-7,9-10,13,19-20H,1-5H2,(H,16,22)(H2,23,24,25)(H2,26,27,28)/t7-,9-,10-,13-/m1/s1. The Kier molecular flexibility index (Phi) is 8.24. The van der Waals surface area contributed by atoms with Crippen LogP contribution in [-0.2, 0) is 34.2 Å². The van der Waals surface area contributed by atoms with Crippen LogP contribution in [0.2, 0.25) is 0 Å². The summed E-state index contributed by atoms with van der Waals surface area (Å²) < 4.78 is 42.2. The summed E-state index contributed by atoms with van der Waals surface area (Å²) in [6.45, 7) is -1.40. The third-order valence-corrected chi connectivity index (χ3v) is 5.66. The van der Waals surface area contributed by atoms with Gasteiger partial charge in [0, 0.05) is 0 Å². The van der Waals surface area contributed by atoms with Gasteiger partial charge in [-0.15, -0.1) is 0 Å². The number of hydrogen-bond donors (Lipinski definition) is 7. The minimum Gasteiger partial charge on any atom is -0.387 e. The fourth-order valence-electron chi connectivity index (χ4n) is 3.16.